The summed E-state index contributed by atoms with van der Waals surface area (Å²) < 4.78 is 5.63. The van der Waals surface area contributed by atoms with Crippen LogP contribution in [-0.2, 0) is 4.74 Å². The fourth-order valence-corrected chi connectivity index (χ4v) is 2.24. The predicted octanol–water partition coefficient (Wildman–Crippen LogP) is -0.0219. The summed E-state index contributed by atoms with van der Waals surface area (Å²) in [6.45, 7) is 8.20. The van der Waals surface area contributed by atoms with E-state index in [0.717, 1.165) is 39.3 Å². The molecule has 0 saturated carbocycles. The van der Waals surface area contributed by atoms with Gasteiger partial charge in [-0.2, -0.15) is 0 Å². The first kappa shape index (κ1) is 12.8. The molecule has 0 spiro atoms. The van der Waals surface area contributed by atoms with Gasteiger partial charge in [-0.15, -0.1) is 0 Å². The van der Waals surface area contributed by atoms with Crippen LogP contribution in [0.25, 0.3) is 0 Å². The number of nitrogens with one attached hydrogen (secondary N) is 2. The molecule has 2 heterocycles. The number of hydrogen-bond acceptors (Lipinski definition) is 5. The van der Waals surface area contributed by atoms with Crippen LogP contribution in [0.5, 0.6) is 0 Å². The van der Waals surface area contributed by atoms with E-state index in [2.05, 4.69) is 29.1 Å². The van der Waals surface area contributed by atoms with Gasteiger partial charge in [0.25, 0.3) is 0 Å². The number of likely N-dealkylation sites (N-methyl/N-ethyl adjacent to an activating group) is 1. The molecule has 2 saturated heterocycles. The molecule has 2 rings (SSSR count). The molecule has 2 fully saturated rings. The van der Waals surface area contributed by atoms with Crippen molar-refractivity contribution in [1.29, 1.82) is 5.41 Å². The van der Waals surface area contributed by atoms with Crippen molar-refractivity contribution in [2.75, 3.05) is 46.3 Å². The van der Waals surface area contributed by atoms with Gasteiger partial charge in [0.15, 0.2) is 5.90 Å². The summed E-state index contributed by atoms with van der Waals surface area (Å²) in [6.07, 6.45) is 1.40. The van der Waals surface area contributed by atoms with Crippen molar-refractivity contribution in [1.82, 2.24) is 15.1 Å². The van der Waals surface area contributed by atoms with Crippen LogP contribution in [0, 0.1) is 5.41 Å². The zero-order chi connectivity index (χ0) is 12.3. The van der Waals surface area contributed by atoms with Gasteiger partial charge in [0.05, 0.1) is 6.04 Å². The summed E-state index contributed by atoms with van der Waals surface area (Å²) in [7, 11) is 2.16. The van der Waals surface area contributed by atoms with Crippen LogP contribution < -0.4 is 5.32 Å². The van der Waals surface area contributed by atoms with E-state index in [0.29, 0.717) is 5.90 Å². The van der Waals surface area contributed by atoms with Crippen molar-refractivity contribution in [3.05, 3.63) is 0 Å². The number of rotatable bonds is 3. The Labute approximate surface area is 104 Å². The maximum Gasteiger partial charge on any atom is 0.198 e. The first-order chi connectivity index (χ1) is 8.16. The van der Waals surface area contributed by atoms with E-state index in [-0.39, 0.29) is 12.1 Å². The molecule has 0 amide bonds. The molecule has 1 unspecified atom stereocenters. The summed E-state index contributed by atoms with van der Waals surface area (Å²) in [4.78, 5) is 4.71. The molecule has 2 aliphatic rings. The minimum Gasteiger partial charge on any atom is -0.474 e. The first-order valence-electron chi connectivity index (χ1n) is 6.55. The fraction of sp³-hybridized carbons (Fsp3) is 0.917. The van der Waals surface area contributed by atoms with Crippen LogP contribution in [0.15, 0.2) is 0 Å². The Bertz CT molecular complexity index is 267. The average Bonchev–Trinajstić information content (AvgIpc) is 2.47. The van der Waals surface area contributed by atoms with Gasteiger partial charge in [0, 0.05) is 32.7 Å². The van der Waals surface area contributed by atoms with Gasteiger partial charge in [0.2, 0.25) is 0 Å². The Morgan fingerprint density at radius 3 is 2.71 bits per heavy atom. The van der Waals surface area contributed by atoms with Crippen molar-refractivity contribution in [2.45, 2.75) is 25.5 Å². The fourth-order valence-electron chi connectivity index (χ4n) is 2.24. The molecule has 2 aliphatic heterocycles. The van der Waals surface area contributed by atoms with Gasteiger partial charge in [0.1, 0.15) is 6.10 Å². The molecule has 17 heavy (non-hydrogen) atoms. The van der Waals surface area contributed by atoms with Gasteiger partial charge in [-0.1, -0.05) is 0 Å². The van der Waals surface area contributed by atoms with Crippen LogP contribution >= 0.6 is 0 Å². The summed E-state index contributed by atoms with van der Waals surface area (Å²) in [5.41, 5.74) is 0. The second-order valence-corrected chi connectivity index (χ2v) is 5.13. The Kier molecular flexibility index (Phi) is 4.36. The normalized spacial score (nSPS) is 26.0. The maximum atomic E-state index is 8.01. The lowest BCUT2D eigenvalue weighted by Gasteiger charge is -2.33. The second-order valence-electron chi connectivity index (χ2n) is 5.13. The minimum absolute atomic E-state index is 0.113. The summed E-state index contributed by atoms with van der Waals surface area (Å²) in [5.74, 6) is 0.432. The SMILES string of the molecule is CC(C(=N)OC1CNC1)N1CCCN(C)CC1. The van der Waals surface area contributed by atoms with E-state index in [1.165, 1.54) is 6.42 Å². The van der Waals surface area contributed by atoms with E-state index < -0.39 is 0 Å². The molecule has 2 N–H and O–H groups in total. The van der Waals surface area contributed by atoms with Crippen molar-refractivity contribution in [3.8, 4) is 0 Å². The lowest BCUT2D eigenvalue weighted by atomic mass is 10.2. The molecule has 5 nitrogen and oxygen atoms in total. The quantitative estimate of drug-likeness (QED) is 0.538. The van der Waals surface area contributed by atoms with E-state index in [1.54, 1.807) is 0 Å². The van der Waals surface area contributed by atoms with Crippen molar-refractivity contribution in [3.63, 3.8) is 0 Å². The molecule has 0 aliphatic carbocycles. The Morgan fingerprint density at radius 1 is 1.29 bits per heavy atom. The highest BCUT2D eigenvalue weighted by Gasteiger charge is 2.26. The largest absolute Gasteiger partial charge is 0.474 e. The Balaban J connectivity index is 1.80. The Hall–Kier alpha value is -0.650. The molecule has 0 aromatic carbocycles. The van der Waals surface area contributed by atoms with Gasteiger partial charge in [-0.3, -0.25) is 10.3 Å². The number of ether oxygens (including phenoxy) is 1. The highest BCUT2D eigenvalue weighted by Crippen LogP contribution is 2.09. The van der Waals surface area contributed by atoms with E-state index in [4.69, 9.17) is 10.1 Å². The molecule has 0 aromatic rings. The molecule has 5 heteroatoms. The minimum atomic E-state index is 0.113. The zero-order valence-electron chi connectivity index (χ0n) is 10.9. The molecule has 98 valence electrons. The summed E-state index contributed by atoms with van der Waals surface area (Å²) in [6, 6.07) is 0.113. The van der Waals surface area contributed by atoms with Gasteiger partial charge < -0.3 is 15.0 Å². The van der Waals surface area contributed by atoms with Crippen molar-refractivity contribution >= 4 is 5.90 Å². The van der Waals surface area contributed by atoms with Gasteiger partial charge in [-0.25, -0.2) is 0 Å². The van der Waals surface area contributed by atoms with Crippen molar-refractivity contribution in [2.24, 2.45) is 0 Å². The predicted molar refractivity (Wildman–Crippen MR) is 68.6 cm³/mol. The van der Waals surface area contributed by atoms with E-state index in [9.17, 15) is 0 Å². The van der Waals surface area contributed by atoms with Crippen LogP contribution in [0.1, 0.15) is 13.3 Å². The maximum absolute atomic E-state index is 8.01. The second kappa shape index (κ2) is 5.80. The lowest BCUT2D eigenvalue weighted by molar-refractivity contribution is 0.108. The van der Waals surface area contributed by atoms with E-state index in [1.807, 2.05) is 0 Å². The molecule has 0 radical (unpaired) electrons. The highest BCUT2D eigenvalue weighted by atomic mass is 16.5. The molecule has 0 aromatic heterocycles. The third-order valence-electron chi connectivity index (χ3n) is 3.72. The monoisotopic (exact) mass is 240 g/mol. The van der Waals surface area contributed by atoms with Crippen molar-refractivity contribution < 1.29 is 4.74 Å². The average molecular weight is 240 g/mol. The van der Waals surface area contributed by atoms with Crippen LogP contribution in [0.4, 0.5) is 0 Å². The molecule has 0 bridgehead atoms. The standard InChI is InChI=1S/C12H24N4O/c1-10(12(13)17-11-8-14-9-11)16-5-3-4-15(2)6-7-16/h10-11,13-14H,3-9H2,1-2H3. The Morgan fingerprint density at radius 2 is 2.06 bits per heavy atom. The number of hydrogen-bond donors (Lipinski definition) is 2. The van der Waals surface area contributed by atoms with Crippen LogP contribution in [0.2, 0.25) is 0 Å². The van der Waals surface area contributed by atoms with Crippen LogP contribution in [0.3, 0.4) is 0 Å². The third kappa shape index (κ3) is 3.40. The molecular weight excluding hydrogens is 216 g/mol. The first-order valence-corrected chi connectivity index (χ1v) is 6.55. The summed E-state index contributed by atoms with van der Waals surface area (Å²) >= 11 is 0. The smallest absolute Gasteiger partial charge is 0.198 e. The van der Waals surface area contributed by atoms with Crippen LogP contribution in [-0.4, -0.2) is 74.2 Å². The molecular formula is C12H24N4O. The van der Waals surface area contributed by atoms with Gasteiger partial charge >= 0.3 is 0 Å². The topological polar surface area (TPSA) is 51.6 Å². The third-order valence-corrected chi connectivity index (χ3v) is 3.72. The summed E-state index contributed by atoms with van der Waals surface area (Å²) in [5, 5.41) is 11.2. The van der Waals surface area contributed by atoms with Gasteiger partial charge in [-0.05, 0) is 26.9 Å². The number of nitrogens with zero attached hydrogens (tertiary/aromatic N) is 2. The van der Waals surface area contributed by atoms with E-state index >= 15 is 0 Å². The highest BCUT2D eigenvalue weighted by molar-refractivity contribution is 5.78. The zero-order valence-corrected chi connectivity index (χ0v) is 10.9. The molecule has 1 atom stereocenters. The lowest BCUT2D eigenvalue weighted by Crippen LogP contribution is -2.52.